The number of unbranched alkanes of at least 4 members (excludes halogenated alkanes) is 1. The first-order valence-corrected chi connectivity index (χ1v) is 7.04. The van der Waals surface area contributed by atoms with E-state index < -0.39 is 0 Å². The van der Waals surface area contributed by atoms with Crippen LogP contribution in [0.3, 0.4) is 0 Å². The van der Waals surface area contributed by atoms with Gasteiger partial charge in [0.1, 0.15) is 0 Å². The van der Waals surface area contributed by atoms with E-state index in [2.05, 4.69) is 29.8 Å². The standard InChI is InChI=1S/C5H7.BrH.HI.Mg/c1-3-5-4-2;;;/h3,5H2,1H3;2*1H;/q;;;+1/p-1. The molecule has 0 amide bonds. The Kier molecular flexibility index (Phi) is 17.4. The van der Waals surface area contributed by atoms with Crippen LogP contribution < -0.4 is 0 Å². The molecule has 0 nitrogen and oxygen atoms in total. The first kappa shape index (κ1) is 12.2. The van der Waals surface area contributed by atoms with Crippen molar-refractivity contribution in [1.82, 2.24) is 0 Å². The van der Waals surface area contributed by atoms with Crippen molar-refractivity contribution in [3.63, 3.8) is 0 Å². The Morgan fingerprint density at radius 3 is 2.62 bits per heavy atom. The molecule has 0 radical (unpaired) electrons. The number of hydrogen-bond acceptors (Lipinski definition) is 0. The summed E-state index contributed by atoms with van der Waals surface area (Å²) in [5.74, 6) is 3.05. The Morgan fingerprint density at radius 2 is 2.25 bits per heavy atom. The second-order valence-electron chi connectivity index (χ2n) is 1.24. The summed E-state index contributed by atoms with van der Waals surface area (Å²) in [7, 11) is 0. The Labute approximate surface area is 83.8 Å². The quantitative estimate of drug-likeness (QED) is 0.396. The van der Waals surface area contributed by atoms with Gasteiger partial charge in [0.15, 0.2) is 0 Å². The molecule has 0 saturated carbocycles. The zero-order valence-electron chi connectivity index (χ0n) is 4.91. The summed E-state index contributed by atoms with van der Waals surface area (Å²) in [4.78, 5) is 0. The van der Waals surface area contributed by atoms with E-state index in [9.17, 15) is 0 Å². The molecule has 0 aliphatic rings. The second kappa shape index (κ2) is 11.3. The normalized spacial score (nSPS) is 5.25. The molecule has 0 aromatic rings. The largest absolute Gasteiger partial charge is 0.569 e. The van der Waals surface area contributed by atoms with Crippen LogP contribution in [0.15, 0.2) is 0 Å². The van der Waals surface area contributed by atoms with Crippen molar-refractivity contribution < 1.29 is 0 Å². The van der Waals surface area contributed by atoms with E-state index in [1.807, 2.05) is 0 Å². The maximum Gasteiger partial charge on any atom is 0.569 e. The molecular formula is C5H8BrIMg. The molecule has 0 aromatic heterocycles. The smallest absolute Gasteiger partial charge is 0.277 e. The predicted molar refractivity (Wildman–Crippen MR) is 52.8 cm³/mol. The van der Waals surface area contributed by atoms with Gasteiger partial charge in [-0.3, -0.25) is 16.9 Å². The fraction of sp³-hybridized carbons (Fsp3) is 0.600. The van der Waals surface area contributed by atoms with Crippen LogP contribution in [0.25, 0.3) is 0 Å². The topological polar surface area (TPSA) is 0 Å². The maximum absolute atomic E-state index is 3.34. The van der Waals surface area contributed by atoms with Crippen LogP contribution in [0.2, 0.25) is 0 Å². The fourth-order valence-corrected chi connectivity index (χ4v) is 1.13. The third kappa shape index (κ3) is 10.5. The van der Waals surface area contributed by atoms with Crippen LogP contribution in [-0.4, -0.2) is 18.2 Å². The Morgan fingerprint density at radius 1 is 1.62 bits per heavy atom. The van der Waals surface area contributed by atoms with Crippen molar-refractivity contribution in [2.75, 3.05) is 0 Å². The van der Waals surface area contributed by atoms with Crippen molar-refractivity contribution in [3.8, 4) is 9.97 Å². The van der Waals surface area contributed by atoms with Crippen LogP contribution in [0, 0.1) is 9.97 Å². The lowest BCUT2D eigenvalue weighted by Gasteiger charge is -1.73. The Balaban J connectivity index is 0. The summed E-state index contributed by atoms with van der Waals surface area (Å²) in [5, 5.41) is 0. The zero-order chi connectivity index (χ0) is 5.54. The van der Waals surface area contributed by atoms with E-state index in [-0.39, 0.29) is 42.2 Å². The average Bonchev–Trinajstić information content (AvgIpc) is 1.69. The minimum absolute atomic E-state index is 0. The van der Waals surface area contributed by atoms with Crippen molar-refractivity contribution >= 4 is 55.1 Å². The molecule has 0 fully saturated rings. The lowest BCUT2D eigenvalue weighted by molar-refractivity contribution is 0.984. The van der Waals surface area contributed by atoms with Crippen molar-refractivity contribution in [2.45, 2.75) is 19.8 Å². The van der Waals surface area contributed by atoms with E-state index in [1.165, 1.54) is 6.42 Å². The lowest BCUT2D eigenvalue weighted by Crippen LogP contribution is -1.65. The van der Waals surface area contributed by atoms with E-state index in [4.69, 9.17) is 0 Å². The van der Waals surface area contributed by atoms with Gasteiger partial charge in [-0.15, -0.1) is 29.9 Å². The minimum Gasteiger partial charge on any atom is -0.277 e. The highest BCUT2D eigenvalue weighted by molar-refractivity contribution is 14.0. The number of hydrogen-bond donors (Lipinski definition) is 0. The van der Waals surface area contributed by atoms with Crippen LogP contribution >= 0.6 is 36.9 Å². The monoisotopic (exact) mass is 298 g/mol. The van der Waals surface area contributed by atoms with Gasteiger partial charge in [0.2, 0.25) is 0 Å². The summed E-state index contributed by atoms with van der Waals surface area (Å²) in [6.45, 7) is 2.14. The molecule has 0 saturated heterocycles. The molecule has 44 valence electrons. The summed E-state index contributed by atoms with van der Waals surface area (Å²) < 4.78 is 3.05. The zero-order valence-corrected chi connectivity index (χ0v) is 10.2. The highest BCUT2D eigenvalue weighted by Gasteiger charge is 1.73. The summed E-state index contributed by atoms with van der Waals surface area (Å²) in [6, 6.07) is 0. The molecule has 0 N–H and O–H groups in total. The maximum atomic E-state index is 3.34. The molecule has 0 atom stereocenters. The SMILES string of the molecule is CCCC#[C][Mg][Br].I. The van der Waals surface area contributed by atoms with Gasteiger partial charge in [0, 0.05) is 6.42 Å². The van der Waals surface area contributed by atoms with E-state index in [0.29, 0.717) is 0 Å². The van der Waals surface area contributed by atoms with Crippen molar-refractivity contribution in [1.29, 1.82) is 0 Å². The van der Waals surface area contributed by atoms with Gasteiger partial charge in [-0.25, -0.2) is 0 Å². The molecular weight excluding hydrogens is 291 g/mol. The van der Waals surface area contributed by atoms with Gasteiger partial charge in [0.05, 0.1) is 0 Å². The molecule has 0 rings (SSSR count). The van der Waals surface area contributed by atoms with Crippen LogP contribution in [0.4, 0.5) is 0 Å². The molecule has 0 bridgehead atoms. The molecule has 0 aromatic carbocycles. The summed E-state index contributed by atoms with van der Waals surface area (Å²) in [5.41, 5.74) is 0. The van der Waals surface area contributed by atoms with E-state index in [0.717, 1.165) is 6.42 Å². The van der Waals surface area contributed by atoms with Gasteiger partial charge < -0.3 is 0 Å². The summed E-state index contributed by atoms with van der Waals surface area (Å²) >= 11 is 3.19. The third-order valence-electron chi connectivity index (χ3n) is 0.567. The van der Waals surface area contributed by atoms with Gasteiger partial charge in [-0.05, 0) is 6.42 Å². The average molecular weight is 299 g/mol. The fourth-order valence-electron chi connectivity index (χ4n) is 0.261. The van der Waals surface area contributed by atoms with Gasteiger partial charge >= 0.3 is 18.2 Å². The molecule has 0 aliphatic heterocycles. The molecule has 0 unspecified atom stereocenters. The van der Waals surface area contributed by atoms with E-state index >= 15 is 0 Å². The Hall–Kier alpha value is 1.54. The third-order valence-corrected chi connectivity index (χ3v) is 1.79. The van der Waals surface area contributed by atoms with Gasteiger partial charge in [-0.1, -0.05) is 6.92 Å². The van der Waals surface area contributed by atoms with Gasteiger partial charge in [-0.2, -0.15) is 0 Å². The minimum atomic E-state index is -0.155. The highest BCUT2D eigenvalue weighted by Crippen LogP contribution is 1.80. The predicted octanol–water partition coefficient (Wildman–Crippen LogP) is 2.38. The van der Waals surface area contributed by atoms with Crippen LogP contribution in [-0.2, 0) is 0 Å². The van der Waals surface area contributed by atoms with Crippen LogP contribution in [0.5, 0.6) is 0 Å². The summed E-state index contributed by atoms with van der Waals surface area (Å²) in [6.07, 6.45) is 2.26. The number of halogens is 2. The highest BCUT2D eigenvalue weighted by atomic mass is 127. The van der Waals surface area contributed by atoms with Crippen molar-refractivity contribution in [3.05, 3.63) is 0 Å². The lowest BCUT2D eigenvalue weighted by atomic mass is 10.4. The molecule has 8 heavy (non-hydrogen) atoms. The van der Waals surface area contributed by atoms with E-state index in [1.54, 1.807) is 0 Å². The first-order valence-electron chi connectivity index (χ1n) is 2.43. The Bertz CT molecular complexity index is 84.2. The molecule has 0 heterocycles. The first-order chi connectivity index (χ1) is 3.41. The number of rotatable bonds is 1. The molecule has 0 spiro atoms. The van der Waals surface area contributed by atoms with Crippen LogP contribution in [0.1, 0.15) is 19.8 Å². The molecule has 3 heteroatoms. The van der Waals surface area contributed by atoms with Gasteiger partial charge in [0.25, 0.3) is 0 Å². The van der Waals surface area contributed by atoms with Crippen molar-refractivity contribution in [2.24, 2.45) is 0 Å². The molecule has 0 aliphatic carbocycles. The second-order valence-corrected chi connectivity index (χ2v) is 3.54.